The zero-order chi connectivity index (χ0) is 14.2. The van der Waals surface area contributed by atoms with Crippen LogP contribution in [-0.2, 0) is 0 Å². The molecule has 3 heteroatoms. The van der Waals surface area contributed by atoms with E-state index in [0.29, 0.717) is 0 Å². The highest BCUT2D eigenvalue weighted by Crippen LogP contribution is 2.13. The van der Waals surface area contributed by atoms with Crippen molar-refractivity contribution >= 4 is 29.1 Å². The van der Waals surface area contributed by atoms with E-state index in [2.05, 4.69) is 35.7 Å². The molecule has 20 heavy (non-hydrogen) atoms. The van der Waals surface area contributed by atoms with E-state index in [0.717, 1.165) is 22.8 Å². The summed E-state index contributed by atoms with van der Waals surface area (Å²) in [5.74, 6) is 0. The zero-order valence-corrected chi connectivity index (χ0v) is 12.1. The molecule has 0 unspecified atom stereocenters. The lowest BCUT2D eigenvalue weighted by atomic mass is 10.2. The van der Waals surface area contributed by atoms with Crippen molar-refractivity contribution in [2.75, 3.05) is 5.43 Å². The SMILES string of the molecule is CCC(C=Cc1ccccc1)=NNc1ccc(Cl)cc1. The fourth-order valence-corrected chi connectivity index (χ4v) is 1.78. The normalized spacial score (nSPS) is 11.8. The van der Waals surface area contributed by atoms with Crippen LogP contribution in [0.25, 0.3) is 6.08 Å². The topological polar surface area (TPSA) is 24.4 Å². The summed E-state index contributed by atoms with van der Waals surface area (Å²) >= 11 is 5.84. The van der Waals surface area contributed by atoms with E-state index >= 15 is 0 Å². The second-order valence-electron chi connectivity index (χ2n) is 4.32. The van der Waals surface area contributed by atoms with Crippen LogP contribution in [0.2, 0.25) is 5.02 Å². The largest absolute Gasteiger partial charge is 0.278 e. The fourth-order valence-electron chi connectivity index (χ4n) is 1.65. The van der Waals surface area contributed by atoms with Crippen molar-refractivity contribution in [3.8, 4) is 0 Å². The van der Waals surface area contributed by atoms with E-state index in [1.807, 2.05) is 48.5 Å². The summed E-state index contributed by atoms with van der Waals surface area (Å²) in [5, 5.41) is 5.12. The minimum Gasteiger partial charge on any atom is -0.278 e. The van der Waals surface area contributed by atoms with Crippen LogP contribution in [0.4, 0.5) is 5.69 Å². The minimum absolute atomic E-state index is 0.721. The Morgan fingerprint density at radius 3 is 2.45 bits per heavy atom. The third-order valence-electron chi connectivity index (χ3n) is 2.80. The number of rotatable bonds is 5. The summed E-state index contributed by atoms with van der Waals surface area (Å²) in [5.41, 5.74) is 6.12. The number of anilines is 1. The van der Waals surface area contributed by atoms with Crippen molar-refractivity contribution < 1.29 is 0 Å². The molecular weight excluding hydrogens is 268 g/mol. The number of nitrogens with one attached hydrogen (secondary N) is 1. The van der Waals surface area contributed by atoms with Crippen LogP contribution >= 0.6 is 11.6 Å². The third kappa shape index (κ3) is 4.56. The first-order chi connectivity index (χ1) is 9.78. The van der Waals surface area contributed by atoms with Crippen molar-refractivity contribution in [2.45, 2.75) is 13.3 Å². The second kappa shape index (κ2) is 7.51. The van der Waals surface area contributed by atoms with Gasteiger partial charge in [0, 0.05) is 5.02 Å². The van der Waals surface area contributed by atoms with E-state index in [-0.39, 0.29) is 0 Å². The Morgan fingerprint density at radius 2 is 1.80 bits per heavy atom. The monoisotopic (exact) mass is 284 g/mol. The maximum absolute atomic E-state index is 5.84. The van der Waals surface area contributed by atoms with Crippen molar-refractivity contribution in [3.05, 3.63) is 71.3 Å². The van der Waals surface area contributed by atoms with Crippen LogP contribution in [0.1, 0.15) is 18.9 Å². The molecule has 0 bridgehead atoms. The summed E-state index contributed by atoms with van der Waals surface area (Å²) in [6.07, 6.45) is 4.95. The molecule has 0 amide bonds. The number of benzene rings is 2. The van der Waals surface area contributed by atoms with Crippen molar-refractivity contribution in [3.63, 3.8) is 0 Å². The molecule has 0 radical (unpaired) electrons. The molecule has 0 aromatic heterocycles. The number of halogens is 1. The van der Waals surface area contributed by atoms with Gasteiger partial charge in [-0.25, -0.2) is 0 Å². The Labute approximate surface area is 124 Å². The first-order valence-corrected chi connectivity index (χ1v) is 6.97. The number of allylic oxidation sites excluding steroid dienone is 1. The van der Waals surface area contributed by atoms with E-state index in [1.54, 1.807) is 0 Å². The Hall–Kier alpha value is -2.06. The molecule has 102 valence electrons. The fraction of sp³-hybridized carbons (Fsp3) is 0.118. The summed E-state index contributed by atoms with van der Waals surface area (Å²) in [4.78, 5) is 0. The Bertz CT molecular complexity index is 586. The number of hydrazone groups is 1. The van der Waals surface area contributed by atoms with Gasteiger partial charge in [-0.3, -0.25) is 5.43 Å². The summed E-state index contributed by atoms with van der Waals surface area (Å²) in [6, 6.07) is 17.7. The van der Waals surface area contributed by atoms with Gasteiger partial charge in [-0.2, -0.15) is 5.10 Å². The Kier molecular flexibility index (Phi) is 5.39. The Morgan fingerprint density at radius 1 is 1.10 bits per heavy atom. The smallest absolute Gasteiger partial charge is 0.0604 e. The van der Waals surface area contributed by atoms with Crippen LogP contribution in [0, 0.1) is 0 Å². The van der Waals surface area contributed by atoms with Crippen molar-refractivity contribution in [2.24, 2.45) is 5.10 Å². The number of hydrogen-bond donors (Lipinski definition) is 1. The molecule has 0 aliphatic heterocycles. The Balaban J connectivity index is 2.02. The van der Waals surface area contributed by atoms with Crippen LogP contribution in [0.5, 0.6) is 0 Å². The molecule has 0 saturated heterocycles. The van der Waals surface area contributed by atoms with Gasteiger partial charge in [0.2, 0.25) is 0 Å². The van der Waals surface area contributed by atoms with Gasteiger partial charge in [-0.05, 0) is 42.3 Å². The highest BCUT2D eigenvalue weighted by Gasteiger charge is 1.93. The lowest BCUT2D eigenvalue weighted by Crippen LogP contribution is -1.97. The molecule has 1 N–H and O–H groups in total. The van der Waals surface area contributed by atoms with E-state index < -0.39 is 0 Å². The van der Waals surface area contributed by atoms with Gasteiger partial charge in [-0.15, -0.1) is 0 Å². The van der Waals surface area contributed by atoms with E-state index in [9.17, 15) is 0 Å². The summed E-state index contributed by atoms with van der Waals surface area (Å²) in [7, 11) is 0. The third-order valence-corrected chi connectivity index (χ3v) is 3.05. The lowest BCUT2D eigenvalue weighted by molar-refractivity contribution is 1.23. The number of hydrogen-bond acceptors (Lipinski definition) is 2. The molecule has 0 atom stereocenters. The standard InChI is InChI=1S/C17H17ClN2/c1-2-16(11-8-14-6-4-3-5-7-14)19-20-17-12-9-15(18)10-13-17/h3-13,20H,2H2,1H3. The minimum atomic E-state index is 0.721. The zero-order valence-electron chi connectivity index (χ0n) is 11.4. The predicted octanol–water partition coefficient (Wildman–Crippen LogP) is 5.23. The van der Waals surface area contributed by atoms with Crippen LogP contribution in [-0.4, -0.2) is 5.71 Å². The van der Waals surface area contributed by atoms with Gasteiger partial charge in [0.15, 0.2) is 0 Å². The van der Waals surface area contributed by atoms with Crippen LogP contribution in [0.15, 0.2) is 65.8 Å². The van der Waals surface area contributed by atoms with Crippen LogP contribution < -0.4 is 5.43 Å². The average molecular weight is 285 g/mol. The maximum atomic E-state index is 5.84. The molecule has 0 heterocycles. The van der Waals surface area contributed by atoms with E-state index in [1.165, 1.54) is 5.56 Å². The molecule has 2 aromatic carbocycles. The number of nitrogens with zero attached hydrogens (tertiary/aromatic N) is 1. The van der Waals surface area contributed by atoms with Crippen molar-refractivity contribution in [1.29, 1.82) is 0 Å². The molecule has 0 fully saturated rings. The van der Waals surface area contributed by atoms with Gasteiger partial charge in [0.25, 0.3) is 0 Å². The first-order valence-electron chi connectivity index (χ1n) is 6.59. The molecular formula is C17H17ClN2. The second-order valence-corrected chi connectivity index (χ2v) is 4.76. The quantitative estimate of drug-likeness (QED) is 0.590. The highest BCUT2D eigenvalue weighted by molar-refractivity contribution is 6.30. The summed E-state index contributed by atoms with van der Waals surface area (Å²) in [6.45, 7) is 2.08. The van der Waals surface area contributed by atoms with Gasteiger partial charge in [0.05, 0.1) is 11.4 Å². The molecule has 0 spiro atoms. The molecule has 2 nitrogen and oxygen atoms in total. The van der Waals surface area contributed by atoms with Crippen molar-refractivity contribution in [1.82, 2.24) is 0 Å². The average Bonchev–Trinajstić information content (AvgIpc) is 2.50. The molecule has 0 aliphatic rings. The van der Waals surface area contributed by atoms with Gasteiger partial charge < -0.3 is 0 Å². The molecule has 2 aromatic rings. The highest BCUT2D eigenvalue weighted by atomic mass is 35.5. The molecule has 0 aliphatic carbocycles. The lowest BCUT2D eigenvalue weighted by Gasteiger charge is -2.02. The molecule has 0 saturated carbocycles. The van der Waals surface area contributed by atoms with Gasteiger partial charge in [-0.1, -0.05) is 54.9 Å². The predicted molar refractivity (Wildman–Crippen MR) is 88.3 cm³/mol. The van der Waals surface area contributed by atoms with Crippen LogP contribution in [0.3, 0.4) is 0 Å². The first kappa shape index (κ1) is 14.4. The molecule has 2 rings (SSSR count). The van der Waals surface area contributed by atoms with Gasteiger partial charge >= 0.3 is 0 Å². The van der Waals surface area contributed by atoms with E-state index in [4.69, 9.17) is 11.6 Å². The van der Waals surface area contributed by atoms with Gasteiger partial charge in [0.1, 0.15) is 0 Å². The maximum Gasteiger partial charge on any atom is 0.0604 e. The summed E-state index contributed by atoms with van der Waals surface area (Å²) < 4.78 is 0.